The molecule has 9 heteroatoms. The SMILES string of the molecule is CN=C(NCc1cccc(NC(=O)c2ccco2)c1)N1CCC(CC(=O)NC)CC1.I. The van der Waals surface area contributed by atoms with Crippen LogP contribution in [0.1, 0.15) is 35.4 Å². The number of carbonyl (C=O) groups excluding carboxylic acids is 2. The van der Waals surface area contributed by atoms with Crippen LogP contribution in [0.15, 0.2) is 52.1 Å². The summed E-state index contributed by atoms with van der Waals surface area (Å²) < 4.78 is 5.13. The van der Waals surface area contributed by atoms with Gasteiger partial charge in [0.1, 0.15) is 0 Å². The maximum absolute atomic E-state index is 12.1. The van der Waals surface area contributed by atoms with E-state index in [1.165, 1.54) is 6.26 Å². The van der Waals surface area contributed by atoms with Gasteiger partial charge in [0.05, 0.1) is 6.26 Å². The molecule has 0 spiro atoms. The molecule has 31 heavy (non-hydrogen) atoms. The zero-order valence-electron chi connectivity index (χ0n) is 17.9. The number of halogens is 1. The third-order valence-corrected chi connectivity index (χ3v) is 5.26. The van der Waals surface area contributed by atoms with Gasteiger partial charge in [-0.2, -0.15) is 0 Å². The molecule has 0 atom stereocenters. The Morgan fingerprint density at radius 3 is 2.61 bits per heavy atom. The standard InChI is InChI=1S/C22H29N5O3.HI/c1-23-20(28)14-16-8-10-27(11-9-16)22(24-2)25-15-17-5-3-6-18(13-17)26-21(29)19-7-4-12-30-19;/h3-7,12-13,16H,8-11,14-15H2,1-2H3,(H,23,28)(H,24,25)(H,26,29);1H. The zero-order chi connectivity index (χ0) is 21.3. The summed E-state index contributed by atoms with van der Waals surface area (Å²) in [6.45, 7) is 2.34. The number of nitrogens with one attached hydrogen (secondary N) is 3. The van der Waals surface area contributed by atoms with E-state index >= 15 is 0 Å². The van der Waals surface area contributed by atoms with E-state index in [1.54, 1.807) is 26.2 Å². The molecule has 168 valence electrons. The van der Waals surface area contributed by atoms with Crippen LogP contribution in [0.25, 0.3) is 0 Å². The molecule has 0 bridgehead atoms. The number of nitrogens with zero attached hydrogens (tertiary/aromatic N) is 2. The second kappa shape index (κ2) is 12.3. The number of furan rings is 1. The quantitative estimate of drug-likeness (QED) is 0.298. The molecule has 1 aliphatic rings. The molecular weight excluding hydrogens is 509 g/mol. The summed E-state index contributed by atoms with van der Waals surface area (Å²) in [5.74, 6) is 1.38. The van der Waals surface area contributed by atoms with E-state index in [0.29, 0.717) is 24.6 Å². The molecule has 2 aromatic rings. The average Bonchev–Trinajstić information content (AvgIpc) is 3.30. The molecule has 2 amide bonds. The average molecular weight is 539 g/mol. The number of hydrogen-bond donors (Lipinski definition) is 3. The molecule has 0 unspecified atom stereocenters. The summed E-state index contributed by atoms with van der Waals surface area (Å²) in [6.07, 6.45) is 4.01. The Morgan fingerprint density at radius 2 is 1.97 bits per heavy atom. The Labute approximate surface area is 199 Å². The van der Waals surface area contributed by atoms with Gasteiger partial charge in [0, 0.05) is 45.8 Å². The highest BCUT2D eigenvalue weighted by Crippen LogP contribution is 2.20. The van der Waals surface area contributed by atoms with Gasteiger partial charge >= 0.3 is 0 Å². The molecule has 3 rings (SSSR count). The van der Waals surface area contributed by atoms with Crippen LogP contribution < -0.4 is 16.0 Å². The fourth-order valence-electron chi connectivity index (χ4n) is 3.59. The van der Waals surface area contributed by atoms with Crippen molar-refractivity contribution in [3.63, 3.8) is 0 Å². The third kappa shape index (κ3) is 7.27. The molecular formula is C22H30IN5O3. The van der Waals surface area contributed by atoms with E-state index in [9.17, 15) is 9.59 Å². The lowest BCUT2D eigenvalue weighted by molar-refractivity contribution is -0.121. The van der Waals surface area contributed by atoms with Crippen LogP contribution in [0.3, 0.4) is 0 Å². The Morgan fingerprint density at radius 1 is 1.19 bits per heavy atom. The van der Waals surface area contributed by atoms with Crippen molar-refractivity contribution >= 4 is 47.4 Å². The van der Waals surface area contributed by atoms with Crippen molar-refractivity contribution < 1.29 is 14.0 Å². The van der Waals surface area contributed by atoms with Crippen molar-refractivity contribution in [2.75, 3.05) is 32.5 Å². The van der Waals surface area contributed by atoms with Gasteiger partial charge in [-0.05, 0) is 48.6 Å². The van der Waals surface area contributed by atoms with E-state index in [4.69, 9.17) is 4.42 Å². The van der Waals surface area contributed by atoms with Crippen molar-refractivity contribution in [2.24, 2.45) is 10.9 Å². The summed E-state index contributed by atoms with van der Waals surface area (Å²) >= 11 is 0. The minimum Gasteiger partial charge on any atom is -0.459 e. The van der Waals surface area contributed by atoms with Crippen LogP contribution in [-0.4, -0.2) is 49.9 Å². The number of hydrogen-bond acceptors (Lipinski definition) is 4. The number of benzene rings is 1. The first-order chi connectivity index (χ1) is 14.6. The number of carbonyl (C=O) groups is 2. The number of rotatable bonds is 6. The Hall–Kier alpha value is -2.56. The molecule has 1 aromatic carbocycles. The highest BCUT2D eigenvalue weighted by molar-refractivity contribution is 14.0. The molecule has 1 aromatic heterocycles. The Balaban J connectivity index is 0.00000341. The van der Waals surface area contributed by atoms with Crippen molar-refractivity contribution in [3.8, 4) is 0 Å². The number of guanidine groups is 1. The smallest absolute Gasteiger partial charge is 0.291 e. The molecule has 1 saturated heterocycles. The van der Waals surface area contributed by atoms with E-state index in [0.717, 1.165) is 37.5 Å². The normalized spacial score (nSPS) is 14.5. The van der Waals surface area contributed by atoms with E-state index in [-0.39, 0.29) is 41.6 Å². The van der Waals surface area contributed by atoms with Gasteiger partial charge < -0.3 is 25.3 Å². The van der Waals surface area contributed by atoms with Gasteiger partial charge in [-0.25, -0.2) is 0 Å². The second-order valence-corrected chi connectivity index (χ2v) is 7.34. The largest absolute Gasteiger partial charge is 0.459 e. The Bertz CT molecular complexity index is 877. The molecule has 1 aliphatic heterocycles. The third-order valence-electron chi connectivity index (χ3n) is 5.26. The molecule has 0 saturated carbocycles. The number of amides is 2. The Kier molecular flexibility index (Phi) is 9.83. The van der Waals surface area contributed by atoms with Crippen LogP contribution in [-0.2, 0) is 11.3 Å². The van der Waals surface area contributed by atoms with Gasteiger partial charge in [-0.3, -0.25) is 14.6 Å². The van der Waals surface area contributed by atoms with Crippen molar-refractivity contribution in [2.45, 2.75) is 25.8 Å². The molecule has 1 fully saturated rings. The number of likely N-dealkylation sites (tertiary alicyclic amines) is 1. The lowest BCUT2D eigenvalue weighted by Gasteiger charge is -2.34. The van der Waals surface area contributed by atoms with Crippen LogP contribution in [0.4, 0.5) is 5.69 Å². The number of piperidine rings is 1. The molecule has 2 heterocycles. The summed E-state index contributed by atoms with van der Waals surface area (Å²) in [5.41, 5.74) is 1.74. The van der Waals surface area contributed by atoms with Crippen molar-refractivity contribution in [1.82, 2.24) is 15.5 Å². The highest BCUT2D eigenvalue weighted by atomic mass is 127. The molecule has 0 aliphatic carbocycles. The minimum absolute atomic E-state index is 0. The van der Waals surface area contributed by atoms with Crippen molar-refractivity contribution in [3.05, 3.63) is 54.0 Å². The molecule has 8 nitrogen and oxygen atoms in total. The predicted molar refractivity (Wildman–Crippen MR) is 132 cm³/mol. The van der Waals surface area contributed by atoms with Crippen LogP contribution in [0, 0.1) is 5.92 Å². The second-order valence-electron chi connectivity index (χ2n) is 7.34. The maximum atomic E-state index is 12.1. The van der Waals surface area contributed by atoms with Gasteiger partial charge in [0.2, 0.25) is 5.91 Å². The van der Waals surface area contributed by atoms with Crippen LogP contribution in [0.5, 0.6) is 0 Å². The van der Waals surface area contributed by atoms with Gasteiger partial charge in [0.15, 0.2) is 11.7 Å². The number of aliphatic imine (C=N–C) groups is 1. The van der Waals surface area contributed by atoms with E-state index < -0.39 is 0 Å². The summed E-state index contributed by atoms with van der Waals surface area (Å²) in [6, 6.07) is 11.0. The summed E-state index contributed by atoms with van der Waals surface area (Å²) in [4.78, 5) is 30.4. The fourth-order valence-corrected chi connectivity index (χ4v) is 3.59. The number of anilines is 1. The highest BCUT2D eigenvalue weighted by Gasteiger charge is 2.23. The van der Waals surface area contributed by atoms with Gasteiger partial charge in [-0.1, -0.05) is 12.1 Å². The first-order valence-electron chi connectivity index (χ1n) is 10.2. The lowest BCUT2D eigenvalue weighted by atomic mass is 9.93. The van der Waals surface area contributed by atoms with Gasteiger partial charge in [0.25, 0.3) is 5.91 Å². The lowest BCUT2D eigenvalue weighted by Crippen LogP contribution is -2.45. The topological polar surface area (TPSA) is 99.0 Å². The first kappa shape index (κ1) is 24.7. The summed E-state index contributed by atoms with van der Waals surface area (Å²) in [5, 5.41) is 8.94. The molecule has 0 radical (unpaired) electrons. The van der Waals surface area contributed by atoms with Crippen molar-refractivity contribution in [1.29, 1.82) is 0 Å². The van der Waals surface area contributed by atoms with E-state index in [1.807, 2.05) is 24.3 Å². The predicted octanol–water partition coefficient (Wildman–Crippen LogP) is 3.07. The zero-order valence-corrected chi connectivity index (χ0v) is 20.2. The van der Waals surface area contributed by atoms with Crippen LogP contribution >= 0.6 is 24.0 Å². The monoisotopic (exact) mass is 539 g/mol. The minimum atomic E-state index is -0.277. The van der Waals surface area contributed by atoms with E-state index in [2.05, 4.69) is 25.8 Å². The maximum Gasteiger partial charge on any atom is 0.291 e. The molecule has 3 N–H and O–H groups in total. The van der Waals surface area contributed by atoms with Gasteiger partial charge in [-0.15, -0.1) is 24.0 Å². The van der Waals surface area contributed by atoms with Crippen LogP contribution in [0.2, 0.25) is 0 Å². The first-order valence-corrected chi connectivity index (χ1v) is 10.2. The summed E-state index contributed by atoms with van der Waals surface area (Å²) in [7, 11) is 3.46. The fraction of sp³-hybridized carbons (Fsp3) is 0.409.